The highest BCUT2D eigenvalue weighted by Gasteiger charge is 2.10. The van der Waals surface area contributed by atoms with Crippen molar-refractivity contribution in [1.29, 1.82) is 0 Å². The normalized spacial score (nSPS) is 10.9. The molecule has 0 aliphatic carbocycles. The molecule has 0 aliphatic heterocycles. The molecule has 0 fully saturated rings. The van der Waals surface area contributed by atoms with Crippen molar-refractivity contribution in [1.82, 2.24) is 14.9 Å². The lowest BCUT2D eigenvalue weighted by atomic mass is 10.1. The molecular formula is C24H28ClN3O2. The van der Waals surface area contributed by atoms with Gasteiger partial charge in [0.05, 0.1) is 17.6 Å². The van der Waals surface area contributed by atoms with E-state index in [1.54, 1.807) is 0 Å². The van der Waals surface area contributed by atoms with E-state index in [-0.39, 0.29) is 5.91 Å². The SMILES string of the molecule is C=CC(=O)NCCc1nc2ccccc2n1CCCCOc1cc(C)c(Cl)c(C)c1. The standard InChI is InChI=1S/C24H28ClN3O2/c1-4-23(29)26-12-11-22-27-20-9-5-6-10-21(20)28(22)13-7-8-14-30-19-15-17(2)24(25)18(3)16-19/h4-6,9-10,15-16H,1,7-8,11-14H2,2-3H3,(H,26,29). The van der Waals surface area contributed by atoms with E-state index >= 15 is 0 Å². The van der Waals surface area contributed by atoms with Crippen LogP contribution in [0.2, 0.25) is 5.02 Å². The van der Waals surface area contributed by atoms with Crippen molar-refractivity contribution in [3.8, 4) is 5.75 Å². The van der Waals surface area contributed by atoms with Crippen LogP contribution in [0.15, 0.2) is 49.1 Å². The molecule has 0 aliphatic rings. The summed E-state index contributed by atoms with van der Waals surface area (Å²) < 4.78 is 8.17. The molecule has 3 rings (SSSR count). The van der Waals surface area contributed by atoms with E-state index in [1.165, 1.54) is 6.08 Å². The Kier molecular flexibility index (Phi) is 7.52. The summed E-state index contributed by atoms with van der Waals surface area (Å²) in [7, 11) is 0. The number of amides is 1. The molecule has 0 radical (unpaired) electrons. The monoisotopic (exact) mass is 425 g/mol. The topological polar surface area (TPSA) is 56.2 Å². The van der Waals surface area contributed by atoms with Crippen molar-refractivity contribution in [3.63, 3.8) is 0 Å². The number of fused-ring (bicyclic) bond motifs is 1. The van der Waals surface area contributed by atoms with Crippen molar-refractivity contribution in [2.45, 2.75) is 39.7 Å². The first-order chi connectivity index (χ1) is 14.5. The molecule has 1 amide bonds. The number of para-hydroxylation sites is 2. The molecule has 0 saturated heterocycles. The highest BCUT2D eigenvalue weighted by atomic mass is 35.5. The first kappa shape index (κ1) is 21.9. The summed E-state index contributed by atoms with van der Waals surface area (Å²) in [5.74, 6) is 1.68. The number of hydrogen-bond acceptors (Lipinski definition) is 3. The zero-order valence-corrected chi connectivity index (χ0v) is 18.3. The lowest BCUT2D eigenvalue weighted by Gasteiger charge is -2.12. The largest absolute Gasteiger partial charge is 0.494 e. The molecule has 0 unspecified atom stereocenters. The van der Waals surface area contributed by atoms with Crippen LogP contribution in [0, 0.1) is 13.8 Å². The van der Waals surface area contributed by atoms with Crippen LogP contribution < -0.4 is 10.1 Å². The van der Waals surface area contributed by atoms with Crippen LogP contribution in [0.4, 0.5) is 0 Å². The van der Waals surface area contributed by atoms with E-state index in [0.717, 1.165) is 58.1 Å². The Bertz CT molecular complexity index is 1020. The van der Waals surface area contributed by atoms with Crippen LogP contribution in [0.5, 0.6) is 5.75 Å². The van der Waals surface area contributed by atoms with E-state index < -0.39 is 0 Å². The molecule has 0 spiro atoms. The third-order valence-corrected chi connectivity index (χ3v) is 5.62. The van der Waals surface area contributed by atoms with Gasteiger partial charge in [0.25, 0.3) is 0 Å². The predicted molar refractivity (Wildman–Crippen MR) is 122 cm³/mol. The van der Waals surface area contributed by atoms with Gasteiger partial charge in [-0.2, -0.15) is 0 Å². The quantitative estimate of drug-likeness (QED) is 0.367. The van der Waals surface area contributed by atoms with Gasteiger partial charge in [-0.25, -0.2) is 4.98 Å². The molecule has 1 aromatic heterocycles. The van der Waals surface area contributed by atoms with Gasteiger partial charge in [-0.3, -0.25) is 4.79 Å². The number of rotatable bonds is 10. The molecular weight excluding hydrogens is 398 g/mol. The van der Waals surface area contributed by atoms with Gasteiger partial charge in [-0.05, 0) is 68.2 Å². The fourth-order valence-electron chi connectivity index (χ4n) is 3.49. The van der Waals surface area contributed by atoms with E-state index in [9.17, 15) is 4.79 Å². The summed E-state index contributed by atoms with van der Waals surface area (Å²) in [5, 5.41) is 3.62. The minimum atomic E-state index is -0.164. The highest BCUT2D eigenvalue weighted by molar-refractivity contribution is 6.32. The van der Waals surface area contributed by atoms with Crippen molar-refractivity contribution < 1.29 is 9.53 Å². The minimum Gasteiger partial charge on any atom is -0.494 e. The lowest BCUT2D eigenvalue weighted by molar-refractivity contribution is -0.116. The third-order valence-electron chi connectivity index (χ3n) is 5.02. The Morgan fingerprint density at radius 3 is 2.70 bits per heavy atom. The Morgan fingerprint density at radius 2 is 1.97 bits per heavy atom. The number of ether oxygens (including phenoxy) is 1. The molecule has 1 heterocycles. The van der Waals surface area contributed by atoms with Gasteiger partial charge in [0, 0.05) is 24.5 Å². The maximum atomic E-state index is 11.4. The molecule has 5 nitrogen and oxygen atoms in total. The van der Waals surface area contributed by atoms with Crippen LogP contribution in [0.3, 0.4) is 0 Å². The Morgan fingerprint density at radius 1 is 1.23 bits per heavy atom. The number of nitrogens with one attached hydrogen (secondary N) is 1. The number of benzene rings is 2. The first-order valence-corrected chi connectivity index (χ1v) is 10.6. The van der Waals surface area contributed by atoms with Gasteiger partial charge in [0.15, 0.2) is 0 Å². The van der Waals surface area contributed by atoms with Gasteiger partial charge < -0.3 is 14.6 Å². The van der Waals surface area contributed by atoms with Gasteiger partial charge in [0.1, 0.15) is 11.6 Å². The molecule has 158 valence electrons. The fraction of sp³-hybridized carbons (Fsp3) is 0.333. The second-order valence-electron chi connectivity index (χ2n) is 7.34. The van der Waals surface area contributed by atoms with Crippen molar-refractivity contribution in [3.05, 3.63) is 71.0 Å². The first-order valence-electron chi connectivity index (χ1n) is 10.2. The van der Waals surface area contributed by atoms with E-state index in [0.29, 0.717) is 19.6 Å². The molecule has 1 N–H and O–H groups in total. The fourth-order valence-corrected chi connectivity index (χ4v) is 3.60. The predicted octanol–water partition coefficient (Wildman–Crippen LogP) is 5.01. The lowest BCUT2D eigenvalue weighted by Crippen LogP contribution is -2.24. The molecule has 3 aromatic rings. The summed E-state index contributed by atoms with van der Waals surface area (Å²) in [5.41, 5.74) is 4.16. The van der Waals surface area contributed by atoms with Crippen LogP contribution in [-0.4, -0.2) is 28.6 Å². The molecule has 30 heavy (non-hydrogen) atoms. The molecule has 0 atom stereocenters. The van der Waals surface area contributed by atoms with Gasteiger partial charge >= 0.3 is 0 Å². The van der Waals surface area contributed by atoms with Crippen molar-refractivity contribution in [2.75, 3.05) is 13.2 Å². The second kappa shape index (κ2) is 10.3. The highest BCUT2D eigenvalue weighted by Crippen LogP contribution is 2.26. The molecule has 6 heteroatoms. The summed E-state index contributed by atoms with van der Waals surface area (Å²) in [6.45, 7) is 9.50. The zero-order chi connectivity index (χ0) is 21.5. The average Bonchev–Trinajstić information content (AvgIpc) is 3.09. The van der Waals surface area contributed by atoms with E-state index in [4.69, 9.17) is 21.3 Å². The summed E-state index contributed by atoms with van der Waals surface area (Å²) in [4.78, 5) is 16.2. The summed E-state index contributed by atoms with van der Waals surface area (Å²) >= 11 is 6.22. The van der Waals surface area contributed by atoms with Crippen LogP contribution in [0.1, 0.15) is 29.8 Å². The van der Waals surface area contributed by atoms with E-state index in [1.807, 2.05) is 44.2 Å². The van der Waals surface area contributed by atoms with Crippen LogP contribution >= 0.6 is 11.6 Å². The maximum absolute atomic E-state index is 11.4. The number of aromatic nitrogens is 2. The summed E-state index contributed by atoms with van der Waals surface area (Å²) in [6.07, 6.45) is 3.86. The molecule has 0 bridgehead atoms. The number of unbranched alkanes of at least 4 members (excludes halogenated alkanes) is 1. The smallest absolute Gasteiger partial charge is 0.243 e. The molecule has 0 saturated carbocycles. The number of imidazole rings is 1. The summed E-state index contributed by atoms with van der Waals surface area (Å²) in [6, 6.07) is 12.1. The van der Waals surface area contributed by atoms with Gasteiger partial charge in [-0.1, -0.05) is 30.3 Å². The average molecular weight is 426 g/mol. The number of hydrogen-bond donors (Lipinski definition) is 1. The Labute approximate surface area is 182 Å². The zero-order valence-electron chi connectivity index (χ0n) is 17.6. The number of aryl methyl sites for hydroxylation is 3. The van der Waals surface area contributed by atoms with E-state index in [2.05, 4.69) is 22.5 Å². The maximum Gasteiger partial charge on any atom is 0.243 e. The van der Waals surface area contributed by atoms with Crippen LogP contribution in [-0.2, 0) is 17.8 Å². The third kappa shape index (κ3) is 5.42. The Hall–Kier alpha value is -2.79. The Balaban J connectivity index is 1.57. The van der Waals surface area contributed by atoms with Crippen LogP contribution in [0.25, 0.3) is 11.0 Å². The number of carbonyl (C=O) groups is 1. The van der Waals surface area contributed by atoms with Gasteiger partial charge in [-0.15, -0.1) is 0 Å². The van der Waals surface area contributed by atoms with Crippen molar-refractivity contribution in [2.24, 2.45) is 0 Å². The molecule has 2 aromatic carbocycles. The number of nitrogens with zero attached hydrogens (tertiary/aromatic N) is 2. The number of halogens is 1. The number of carbonyl (C=O) groups excluding carboxylic acids is 1. The second-order valence-corrected chi connectivity index (χ2v) is 7.72. The van der Waals surface area contributed by atoms with Gasteiger partial charge in [0.2, 0.25) is 5.91 Å². The van der Waals surface area contributed by atoms with Crippen molar-refractivity contribution >= 4 is 28.5 Å². The minimum absolute atomic E-state index is 0.164.